The highest BCUT2D eigenvalue weighted by Gasteiger charge is 2.24. The molecule has 22 heavy (non-hydrogen) atoms. The van der Waals surface area contributed by atoms with Crippen LogP contribution in [0.5, 0.6) is 0 Å². The van der Waals surface area contributed by atoms with Gasteiger partial charge in [-0.3, -0.25) is 19.8 Å². The van der Waals surface area contributed by atoms with Crippen LogP contribution in [0.3, 0.4) is 0 Å². The number of rotatable bonds is 5. The fourth-order valence-electron chi connectivity index (χ4n) is 2.55. The van der Waals surface area contributed by atoms with Gasteiger partial charge in [0.1, 0.15) is 5.69 Å². The Hall–Kier alpha value is -2.66. The Kier molecular flexibility index (Phi) is 4.91. The lowest BCUT2D eigenvalue weighted by atomic mass is 10.1. The van der Waals surface area contributed by atoms with Gasteiger partial charge in [-0.2, -0.15) is 5.26 Å². The molecule has 0 aliphatic carbocycles. The average Bonchev–Trinajstić information content (AvgIpc) is 2.47. The van der Waals surface area contributed by atoms with Crippen molar-refractivity contribution in [3.05, 3.63) is 33.9 Å². The third kappa shape index (κ3) is 3.71. The number of nitro benzene ring substituents is 1. The molecule has 1 fully saturated rings. The van der Waals surface area contributed by atoms with Gasteiger partial charge in [0.2, 0.25) is 5.91 Å². The van der Waals surface area contributed by atoms with Gasteiger partial charge in [-0.1, -0.05) is 6.07 Å². The summed E-state index contributed by atoms with van der Waals surface area (Å²) in [5, 5.41) is 20.0. The third-order valence-corrected chi connectivity index (χ3v) is 3.61. The van der Waals surface area contributed by atoms with Gasteiger partial charge in [-0.25, -0.2) is 0 Å². The fraction of sp³-hybridized carbons (Fsp3) is 0.429. The lowest BCUT2D eigenvalue weighted by molar-refractivity contribution is -0.384. The first kappa shape index (κ1) is 15.7. The molecule has 1 aromatic rings. The minimum Gasteiger partial charge on any atom is -0.369 e. The Morgan fingerprint density at radius 1 is 1.36 bits per heavy atom. The van der Waals surface area contributed by atoms with Crippen LogP contribution < -0.4 is 10.6 Å². The molecule has 0 unspecified atom stereocenters. The first-order chi connectivity index (χ1) is 10.5. The molecular weight excluding hydrogens is 286 g/mol. The monoisotopic (exact) mass is 303 g/mol. The number of nitrogens with two attached hydrogens (primary N) is 1. The van der Waals surface area contributed by atoms with E-state index in [-0.39, 0.29) is 24.6 Å². The maximum absolute atomic E-state index is 11.2. The second kappa shape index (κ2) is 6.87. The number of benzene rings is 1. The second-order valence-electron chi connectivity index (χ2n) is 5.14. The number of carbonyl (C=O) groups excluding carboxylic acids is 1. The van der Waals surface area contributed by atoms with Crippen molar-refractivity contribution in [1.29, 1.82) is 5.26 Å². The summed E-state index contributed by atoms with van der Waals surface area (Å²) in [6, 6.07) is 6.79. The SMILES string of the molecule is N#CCc1ccc([N+](=O)[O-])c(N2CCN(CC(N)=O)CC2)c1. The van der Waals surface area contributed by atoms with Crippen molar-refractivity contribution < 1.29 is 9.72 Å². The normalized spacial score (nSPS) is 15.3. The van der Waals surface area contributed by atoms with Crippen molar-refractivity contribution in [2.45, 2.75) is 6.42 Å². The molecule has 0 atom stereocenters. The van der Waals surface area contributed by atoms with E-state index in [0.29, 0.717) is 31.9 Å². The standard InChI is InChI=1S/C14H17N5O3/c15-4-3-11-1-2-12(19(21)22)13(9-11)18-7-5-17(6-8-18)10-14(16)20/h1-2,9H,3,5-8,10H2,(H2,16,20). The topological polar surface area (TPSA) is 116 Å². The number of nitro groups is 1. The van der Waals surface area contributed by atoms with Crippen molar-refractivity contribution in [1.82, 2.24) is 4.90 Å². The minimum atomic E-state index is -0.415. The predicted molar refractivity (Wildman–Crippen MR) is 80.3 cm³/mol. The van der Waals surface area contributed by atoms with Crippen LogP contribution in [0, 0.1) is 21.4 Å². The predicted octanol–water partition coefficient (Wildman–Crippen LogP) is 0.268. The first-order valence-corrected chi connectivity index (χ1v) is 6.91. The van der Waals surface area contributed by atoms with Crippen molar-refractivity contribution in [2.75, 3.05) is 37.6 Å². The van der Waals surface area contributed by atoms with Gasteiger partial charge in [0, 0.05) is 32.2 Å². The molecule has 0 spiro atoms. The number of nitriles is 1. The van der Waals surface area contributed by atoms with Crippen LogP contribution in [0.25, 0.3) is 0 Å². The minimum absolute atomic E-state index is 0.0324. The third-order valence-electron chi connectivity index (χ3n) is 3.61. The van der Waals surface area contributed by atoms with E-state index in [1.165, 1.54) is 6.07 Å². The van der Waals surface area contributed by atoms with Gasteiger partial charge in [0.15, 0.2) is 0 Å². The molecule has 1 saturated heterocycles. The summed E-state index contributed by atoms with van der Waals surface area (Å²) in [6.45, 7) is 2.57. The number of piperazine rings is 1. The summed E-state index contributed by atoms with van der Waals surface area (Å²) in [7, 11) is 0. The zero-order valence-corrected chi connectivity index (χ0v) is 12.1. The zero-order valence-electron chi connectivity index (χ0n) is 12.1. The van der Waals surface area contributed by atoms with Crippen molar-refractivity contribution in [3.8, 4) is 6.07 Å². The Morgan fingerprint density at radius 2 is 2.05 bits per heavy atom. The van der Waals surface area contributed by atoms with Crippen LogP contribution in [-0.4, -0.2) is 48.5 Å². The molecule has 0 bridgehead atoms. The molecule has 1 aromatic carbocycles. The van der Waals surface area contributed by atoms with Crippen molar-refractivity contribution in [2.24, 2.45) is 5.73 Å². The van der Waals surface area contributed by atoms with Crippen LogP contribution in [0.4, 0.5) is 11.4 Å². The fourth-order valence-corrected chi connectivity index (χ4v) is 2.55. The smallest absolute Gasteiger partial charge is 0.292 e. The molecular formula is C14H17N5O3. The van der Waals surface area contributed by atoms with Gasteiger partial charge < -0.3 is 10.6 Å². The molecule has 1 aliphatic rings. The van der Waals surface area contributed by atoms with Crippen LogP contribution >= 0.6 is 0 Å². The van der Waals surface area contributed by atoms with Gasteiger partial charge in [-0.15, -0.1) is 0 Å². The van der Waals surface area contributed by atoms with Gasteiger partial charge in [0.25, 0.3) is 5.69 Å². The zero-order chi connectivity index (χ0) is 16.1. The van der Waals surface area contributed by atoms with E-state index in [9.17, 15) is 14.9 Å². The highest BCUT2D eigenvalue weighted by Crippen LogP contribution is 2.30. The van der Waals surface area contributed by atoms with Crippen molar-refractivity contribution >= 4 is 17.3 Å². The lowest BCUT2D eigenvalue weighted by Gasteiger charge is -2.35. The molecule has 2 N–H and O–H groups in total. The first-order valence-electron chi connectivity index (χ1n) is 6.91. The van der Waals surface area contributed by atoms with Crippen LogP contribution in [0.2, 0.25) is 0 Å². The Morgan fingerprint density at radius 3 is 2.59 bits per heavy atom. The lowest BCUT2D eigenvalue weighted by Crippen LogP contribution is -2.49. The van der Waals surface area contributed by atoms with Gasteiger partial charge in [-0.05, 0) is 11.6 Å². The number of amides is 1. The summed E-state index contributed by atoms with van der Waals surface area (Å²) < 4.78 is 0. The molecule has 0 radical (unpaired) electrons. The van der Waals surface area contributed by atoms with Crippen LogP contribution in [-0.2, 0) is 11.2 Å². The quantitative estimate of drug-likeness (QED) is 0.616. The van der Waals surface area contributed by atoms with E-state index < -0.39 is 4.92 Å². The molecule has 1 heterocycles. The summed E-state index contributed by atoms with van der Waals surface area (Å²) >= 11 is 0. The van der Waals surface area contributed by atoms with E-state index in [1.54, 1.807) is 12.1 Å². The number of anilines is 1. The number of primary amides is 1. The molecule has 2 rings (SSSR count). The summed E-state index contributed by atoms with van der Waals surface area (Å²) in [4.78, 5) is 25.5. The Balaban J connectivity index is 2.17. The molecule has 1 amide bonds. The summed E-state index contributed by atoms with van der Waals surface area (Å²) in [5.41, 5.74) is 6.48. The number of hydrogen-bond acceptors (Lipinski definition) is 6. The molecule has 8 nitrogen and oxygen atoms in total. The average molecular weight is 303 g/mol. The molecule has 116 valence electrons. The van der Waals surface area contributed by atoms with E-state index in [1.807, 2.05) is 15.9 Å². The van der Waals surface area contributed by atoms with E-state index in [4.69, 9.17) is 11.0 Å². The highest BCUT2D eigenvalue weighted by molar-refractivity contribution is 5.76. The largest absolute Gasteiger partial charge is 0.369 e. The number of carbonyl (C=O) groups is 1. The summed E-state index contributed by atoms with van der Waals surface area (Å²) in [6.07, 6.45) is 0.215. The number of hydrogen-bond donors (Lipinski definition) is 1. The maximum atomic E-state index is 11.2. The van der Waals surface area contributed by atoms with Crippen LogP contribution in [0.1, 0.15) is 5.56 Å². The van der Waals surface area contributed by atoms with E-state index >= 15 is 0 Å². The molecule has 8 heteroatoms. The Bertz CT molecular complexity index is 617. The molecule has 0 aromatic heterocycles. The van der Waals surface area contributed by atoms with E-state index in [0.717, 1.165) is 5.56 Å². The maximum Gasteiger partial charge on any atom is 0.292 e. The van der Waals surface area contributed by atoms with Crippen molar-refractivity contribution in [3.63, 3.8) is 0 Å². The van der Waals surface area contributed by atoms with Gasteiger partial charge >= 0.3 is 0 Å². The number of nitrogens with zero attached hydrogens (tertiary/aromatic N) is 4. The van der Waals surface area contributed by atoms with E-state index in [2.05, 4.69) is 0 Å². The Labute approximate surface area is 127 Å². The second-order valence-corrected chi connectivity index (χ2v) is 5.14. The van der Waals surface area contributed by atoms with Crippen LogP contribution in [0.15, 0.2) is 18.2 Å². The molecule has 1 aliphatic heterocycles. The summed E-state index contributed by atoms with van der Waals surface area (Å²) in [5.74, 6) is -0.379. The van der Waals surface area contributed by atoms with Gasteiger partial charge in [0.05, 0.1) is 24.0 Å². The molecule has 0 saturated carbocycles. The highest BCUT2D eigenvalue weighted by atomic mass is 16.6.